The van der Waals surface area contributed by atoms with Crippen LogP contribution in [0.5, 0.6) is 5.75 Å². The molecule has 0 unspecified atom stereocenters. The van der Waals surface area contributed by atoms with Crippen molar-refractivity contribution in [2.24, 2.45) is 15.7 Å². The standard InChI is InChI=1S/C27H33ClN10O5/c1-15(33-19(42-3)12-18(29)41-2)13-43-17-6-4-16(5-7-17)25(40)38-10-8-27(9-11-38)14-32-26(37-27)36-24(39)20-22(30)35-23(31)21(28)34-20/h4-7,12H,1,8-11,13-14,29H2,2-3H3,(H4,30,31,35)(H2,32,36,37,39)/b18-12+,33-19+. The zero-order valence-corrected chi connectivity index (χ0v) is 24.5. The van der Waals surface area contributed by atoms with E-state index in [2.05, 4.69) is 37.2 Å². The smallest absolute Gasteiger partial charge is 0.302 e. The lowest BCUT2D eigenvalue weighted by atomic mass is 9.88. The molecule has 3 heterocycles. The van der Waals surface area contributed by atoms with Crippen LogP contribution in [0.4, 0.5) is 11.6 Å². The van der Waals surface area contributed by atoms with Crippen LogP contribution in [0.3, 0.4) is 0 Å². The van der Waals surface area contributed by atoms with Gasteiger partial charge in [0.05, 0.1) is 31.5 Å². The molecule has 2 aromatic rings. The molecule has 2 amide bonds. The number of anilines is 2. The molecule has 0 aliphatic carbocycles. The van der Waals surface area contributed by atoms with E-state index in [1.807, 2.05) is 0 Å². The van der Waals surface area contributed by atoms with Gasteiger partial charge in [0, 0.05) is 25.2 Å². The number of nitrogens with one attached hydrogen (secondary N) is 2. The third-order valence-corrected chi connectivity index (χ3v) is 7.07. The van der Waals surface area contributed by atoms with Crippen LogP contribution >= 0.6 is 11.6 Å². The Kier molecular flexibility index (Phi) is 9.55. The lowest BCUT2D eigenvalue weighted by Crippen LogP contribution is -2.53. The van der Waals surface area contributed by atoms with Crippen molar-refractivity contribution in [2.45, 2.75) is 18.4 Å². The number of aromatic nitrogens is 2. The van der Waals surface area contributed by atoms with Gasteiger partial charge in [0.1, 0.15) is 12.4 Å². The number of piperidine rings is 1. The number of carbonyl (C=O) groups is 2. The topological polar surface area (TPSA) is 218 Å². The minimum atomic E-state index is -0.708. The van der Waals surface area contributed by atoms with Gasteiger partial charge >= 0.3 is 5.91 Å². The minimum Gasteiger partial charge on any atom is -0.487 e. The summed E-state index contributed by atoms with van der Waals surface area (Å²) >= 11 is 5.87. The van der Waals surface area contributed by atoms with E-state index >= 15 is 0 Å². The van der Waals surface area contributed by atoms with Crippen LogP contribution in [-0.2, 0) is 9.47 Å². The SMILES string of the molecule is C=C(COc1ccc(C(=O)N2CCC3(CC2)CN/C(=N\C(=O)c2nc(Cl)c(N)nc2N)N3)cc1)/N=C(\C=C(/N)OC)OC. The number of guanidine groups is 1. The summed E-state index contributed by atoms with van der Waals surface area (Å²) in [5.74, 6) is 0.173. The zero-order valence-electron chi connectivity index (χ0n) is 23.7. The highest BCUT2D eigenvalue weighted by atomic mass is 35.5. The Balaban J connectivity index is 1.29. The number of benzene rings is 1. The Morgan fingerprint density at radius 1 is 1.14 bits per heavy atom. The number of methoxy groups -OCH3 is 2. The number of hydrogen-bond acceptors (Lipinski definition) is 11. The van der Waals surface area contributed by atoms with Gasteiger partial charge in [-0.1, -0.05) is 18.2 Å². The second-order valence-electron chi connectivity index (χ2n) is 9.73. The molecule has 1 aromatic heterocycles. The third-order valence-electron chi connectivity index (χ3n) is 6.79. The summed E-state index contributed by atoms with van der Waals surface area (Å²) < 4.78 is 15.7. The molecular weight excluding hydrogens is 580 g/mol. The van der Waals surface area contributed by atoms with E-state index in [1.165, 1.54) is 20.3 Å². The van der Waals surface area contributed by atoms with Crippen molar-refractivity contribution < 1.29 is 23.8 Å². The summed E-state index contributed by atoms with van der Waals surface area (Å²) in [5, 5.41) is 6.27. The van der Waals surface area contributed by atoms with Gasteiger partial charge in [-0.05, 0) is 37.1 Å². The summed E-state index contributed by atoms with van der Waals surface area (Å²) in [6.45, 7) is 5.52. The molecule has 0 atom stereocenters. The van der Waals surface area contributed by atoms with Gasteiger partial charge in [-0.2, -0.15) is 4.99 Å². The number of halogens is 1. The molecule has 228 valence electrons. The number of carbonyl (C=O) groups excluding carboxylic acids is 2. The quantitative estimate of drug-likeness (QED) is 0.160. The fourth-order valence-corrected chi connectivity index (χ4v) is 4.53. The second-order valence-corrected chi connectivity index (χ2v) is 10.1. The number of ether oxygens (including phenoxy) is 3. The number of rotatable bonds is 8. The molecule has 2 aliphatic heterocycles. The first-order chi connectivity index (χ1) is 20.5. The minimum absolute atomic E-state index is 0.0717. The summed E-state index contributed by atoms with van der Waals surface area (Å²) in [4.78, 5) is 43.5. The number of likely N-dealkylation sites (tertiary alicyclic amines) is 1. The molecule has 1 aromatic carbocycles. The normalized spacial score (nSPS) is 17.3. The molecule has 2 saturated heterocycles. The fourth-order valence-electron chi connectivity index (χ4n) is 4.40. The van der Waals surface area contributed by atoms with E-state index in [1.54, 1.807) is 29.2 Å². The van der Waals surface area contributed by atoms with Crippen molar-refractivity contribution in [3.8, 4) is 5.75 Å². The Bertz CT molecular complexity index is 1480. The van der Waals surface area contributed by atoms with Gasteiger partial charge in [0.25, 0.3) is 5.91 Å². The molecule has 16 heteroatoms. The number of aliphatic imine (C=N–C) groups is 2. The number of amides is 2. The lowest BCUT2D eigenvalue weighted by molar-refractivity contribution is 0.0669. The molecule has 0 bridgehead atoms. The highest BCUT2D eigenvalue weighted by Crippen LogP contribution is 2.26. The molecule has 2 aliphatic rings. The van der Waals surface area contributed by atoms with Gasteiger partial charge in [0.15, 0.2) is 34.3 Å². The molecule has 15 nitrogen and oxygen atoms in total. The Morgan fingerprint density at radius 2 is 1.84 bits per heavy atom. The molecule has 1 spiro atoms. The maximum Gasteiger partial charge on any atom is 0.302 e. The predicted octanol–water partition coefficient (Wildman–Crippen LogP) is 1.04. The maximum atomic E-state index is 13.2. The molecule has 2 fully saturated rings. The fraction of sp³-hybridized carbons (Fsp3) is 0.333. The average Bonchev–Trinajstić information content (AvgIpc) is 3.38. The monoisotopic (exact) mass is 612 g/mol. The van der Waals surface area contributed by atoms with E-state index in [9.17, 15) is 9.59 Å². The van der Waals surface area contributed by atoms with E-state index in [-0.39, 0.29) is 58.3 Å². The number of nitrogens with two attached hydrogens (primary N) is 3. The summed E-state index contributed by atoms with van der Waals surface area (Å²) in [6.07, 6.45) is 2.72. The van der Waals surface area contributed by atoms with Crippen molar-refractivity contribution in [3.05, 3.63) is 64.9 Å². The molecule has 0 saturated carbocycles. The molecule has 43 heavy (non-hydrogen) atoms. The van der Waals surface area contributed by atoms with Crippen LogP contribution < -0.4 is 32.6 Å². The highest BCUT2D eigenvalue weighted by molar-refractivity contribution is 6.31. The van der Waals surface area contributed by atoms with Gasteiger partial charge in [0.2, 0.25) is 5.90 Å². The van der Waals surface area contributed by atoms with Crippen LogP contribution in [-0.4, -0.2) is 84.5 Å². The van der Waals surface area contributed by atoms with E-state index in [4.69, 9.17) is 43.0 Å². The van der Waals surface area contributed by atoms with E-state index < -0.39 is 5.91 Å². The first-order valence-corrected chi connectivity index (χ1v) is 13.5. The van der Waals surface area contributed by atoms with Crippen molar-refractivity contribution >= 4 is 46.9 Å². The number of nitrogen functional groups attached to an aromatic ring is 2. The summed E-state index contributed by atoms with van der Waals surface area (Å²) in [5.41, 5.74) is 17.3. The van der Waals surface area contributed by atoms with Crippen molar-refractivity contribution in [1.82, 2.24) is 25.5 Å². The van der Waals surface area contributed by atoms with Gasteiger partial charge < -0.3 is 46.9 Å². The largest absolute Gasteiger partial charge is 0.487 e. The maximum absolute atomic E-state index is 13.2. The van der Waals surface area contributed by atoms with Gasteiger partial charge in [-0.25, -0.2) is 15.0 Å². The first-order valence-electron chi connectivity index (χ1n) is 13.1. The summed E-state index contributed by atoms with van der Waals surface area (Å²) in [7, 11) is 2.89. The average molecular weight is 613 g/mol. The van der Waals surface area contributed by atoms with Crippen molar-refractivity contribution in [2.75, 3.05) is 51.9 Å². The van der Waals surface area contributed by atoms with E-state index in [0.717, 1.165) is 0 Å². The molecular formula is C27H33ClN10O5. The second kappa shape index (κ2) is 13.3. The van der Waals surface area contributed by atoms with Crippen molar-refractivity contribution in [3.63, 3.8) is 0 Å². The number of hydrogen-bond donors (Lipinski definition) is 5. The Morgan fingerprint density at radius 3 is 2.49 bits per heavy atom. The summed E-state index contributed by atoms with van der Waals surface area (Å²) in [6, 6.07) is 6.84. The van der Waals surface area contributed by atoms with Crippen LogP contribution in [0.25, 0.3) is 0 Å². The number of nitrogens with zero attached hydrogens (tertiary/aromatic N) is 5. The third kappa shape index (κ3) is 7.62. The Hall–Kier alpha value is -5.05. The van der Waals surface area contributed by atoms with Gasteiger partial charge in [-0.3, -0.25) is 9.59 Å². The van der Waals surface area contributed by atoms with E-state index in [0.29, 0.717) is 49.5 Å². The lowest BCUT2D eigenvalue weighted by Gasteiger charge is -2.38. The molecule has 4 rings (SSSR count). The van der Waals surface area contributed by atoms with Crippen molar-refractivity contribution in [1.29, 1.82) is 0 Å². The highest BCUT2D eigenvalue weighted by Gasteiger charge is 2.41. The predicted molar refractivity (Wildman–Crippen MR) is 161 cm³/mol. The van der Waals surface area contributed by atoms with Crippen LogP contribution in [0.1, 0.15) is 33.7 Å². The van der Waals surface area contributed by atoms with Crippen LogP contribution in [0, 0.1) is 0 Å². The zero-order chi connectivity index (χ0) is 31.1. The van der Waals surface area contributed by atoms with Crippen LogP contribution in [0.15, 0.2) is 58.5 Å². The van der Waals surface area contributed by atoms with Crippen LogP contribution in [0.2, 0.25) is 5.15 Å². The van der Waals surface area contributed by atoms with Gasteiger partial charge in [-0.15, -0.1) is 0 Å². The Labute approximate surface area is 252 Å². The molecule has 0 radical (unpaired) electrons. The first kappa shape index (κ1) is 30.9. The molecule has 8 N–H and O–H groups in total.